The van der Waals surface area contributed by atoms with Gasteiger partial charge in [-0.2, -0.15) is 0 Å². The molecule has 0 saturated carbocycles. The second-order valence-electron chi connectivity index (χ2n) is 13.8. The Bertz CT molecular complexity index is 2390. The number of amides is 4. The summed E-state index contributed by atoms with van der Waals surface area (Å²) in [7, 11) is 0. The van der Waals surface area contributed by atoms with Crippen molar-refractivity contribution >= 4 is 45.8 Å². The first-order chi connectivity index (χ1) is 25.9. The van der Waals surface area contributed by atoms with Gasteiger partial charge < -0.3 is 19.9 Å². The Labute approximate surface area is 305 Å². The van der Waals surface area contributed by atoms with E-state index in [9.17, 15) is 24.3 Å². The molecule has 3 aliphatic rings. The van der Waals surface area contributed by atoms with Crippen molar-refractivity contribution in [1.29, 1.82) is 0 Å². The minimum absolute atomic E-state index is 0.0690. The Morgan fingerprint density at radius 3 is 2.60 bits per heavy atom. The molecule has 3 N–H and O–H groups in total. The summed E-state index contributed by atoms with van der Waals surface area (Å²) in [4.78, 5) is 55.8. The van der Waals surface area contributed by atoms with Gasteiger partial charge in [0.2, 0.25) is 11.8 Å². The van der Waals surface area contributed by atoms with E-state index in [2.05, 4.69) is 25.9 Å². The van der Waals surface area contributed by atoms with Crippen LogP contribution in [0.3, 0.4) is 0 Å². The monoisotopic (exact) mass is 712 g/mol. The summed E-state index contributed by atoms with van der Waals surface area (Å²) in [6.45, 7) is 2.44. The van der Waals surface area contributed by atoms with Crippen LogP contribution in [0.2, 0.25) is 0 Å². The number of hydrogen-bond acceptors (Lipinski definition) is 8. The first kappa shape index (κ1) is 34.0. The average molecular weight is 713 g/mol. The lowest BCUT2D eigenvalue weighted by Gasteiger charge is -2.29. The zero-order valence-corrected chi connectivity index (χ0v) is 29.3. The zero-order valence-electron chi connectivity index (χ0n) is 29.3. The van der Waals surface area contributed by atoms with E-state index in [-0.39, 0.29) is 30.0 Å². The van der Waals surface area contributed by atoms with Crippen LogP contribution < -0.4 is 21.2 Å². The Balaban J connectivity index is 0.795. The summed E-state index contributed by atoms with van der Waals surface area (Å²) in [5.74, 6) is -1.14. The van der Waals surface area contributed by atoms with Crippen LogP contribution in [-0.4, -0.2) is 65.8 Å². The summed E-state index contributed by atoms with van der Waals surface area (Å²) in [5.41, 5.74) is 5.13. The highest BCUT2D eigenvalue weighted by Crippen LogP contribution is 2.37. The fraction of sp³-hybridized carbons (Fsp3) is 0.325. The number of nitrogens with zero attached hydrogens (tertiary/aromatic N) is 6. The third-order valence-corrected chi connectivity index (χ3v) is 10.4. The van der Waals surface area contributed by atoms with Crippen LogP contribution in [0.5, 0.6) is 5.88 Å². The maximum absolute atomic E-state index is 13.1. The SMILES string of the molecule is O=C1CCC(N2Cc3c(NCCCCCCn4cc(CCCn5c(O)c(C6=c7ccccc7=NC6=O)c6ccccc65)nn4)cccc3C2=O)C(=O)N1. The molecule has 5 heterocycles. The van der Waals surface area contributed by atoms with Gasteiger partial charge in [0.15, 0.2) is 5.88 Å². The predicted octanol–water partition coefficient (Wildman–Crippen LogP) is 3.36. The molecule has 4 amide bonds. The Morgan fingerprint density at radius 1 is 0.887 bits per heavy atom. The Hall–Kier alpha value is -6.11. The molecular formula is C40H40N8O5. The molecule has 13 nitrogen and oxygen atoms in total. The lowest BCUT2D eigenvalue weighted by Crippen LogP contribution is -2.52. The zero-order chi connectivity index (χ0) is 36.5. The van der Waals surface area contributed by atoms with Crippen LogP contribution >= 0.6 is 0 Å². The normalized spacial score (nSPS) is 16.6. The van der Waals surface area contributed by atoms with Gasteiger partial charge in [0.05, 0.1) is 27.7 Å². The number of imide groups is 1. The fourth-order valence-electron chi connectivity index (χ4n) is 7.77. The number of carbonyl (C=O) groups is 4. The molecule has 8 rings (SSSR count). The summed E-state index contributed by atoms with van der Waals surface area (Å²) in [6, 6.07) is 20.1. The van der Waals surface area contributed by atoms with E-state index in [0.29, 0.717) is 48.0 Å². The van der Waals surface area contributed by atoms with Gasteiger partial charge in [-0.3, -0.25) is 29.2 Å². The number of piperidine rings is 1. The molecular weight excluding hydrogens is 672 g/mol. The predicted molar refractivity (Wildman–Crippen MR) is 196 cm³/mol. The molecule has 53 heavy (non-hydrogen) atoms. The second kappa shape index (κ2) is 14.5. The molecule has 270 valence electrons. The second-order valence-corrected chi connectivity index (χ2v) is 13.8. The van der Waals surface area contributed by atoms with Crippen molar-refractivity contribution in [2.24, 2.45) is 4.99 Å². The Morgan fingerprint density at radius 2 is 1.72 bits per heavy atom. The lowest BCUT2D eigenvalue weighted by molar-refractivity contribution is -0.137. The van der Waals surface area contributed by atoms with E-state index in [0.717, 1.165) is 78.3 Å². The van der Waals surface area contributed by atoms with Crippen LogP contribution in [0.4, 0.5) is 5.69 Å². The van der Waals surface area contributed by atoms with Crippen LogP contribution in [0.15, 0.2) is 77.9 Å². The van der Waals surface area contributed by atoms with Gasteiger partial charge in [0, 0.05) is 66.2 Å². The molecule has 0 aliphatic carbocycles. The molecule has 0 bridgehead atoms. The van der Waals surface area contributed by atoms with Gasteiger partial charge in [-0.25, -0.2) is 4.99 Å². The number of hydrogen-bond donors (Lipinski definition) is 3. The summed E-state index contributed by atoms with van der Waals surface area (Å²) < 4.78 is 3.75. The van der Waals surface area contributed by atoms with E-state index in [4.69, 9.17) is 0 Å². The minimum atomic E-state index is -0.624. The highest BCUT2D eigenvalue weighted by atomic mass is 16.3. The number of fused-ring (bicyclic) bond motifs is 3. The smallest absolute Gasteiger partial charge is 0.279 e. The van der Waals surface area contributed by atoms with Gasteiger partial charge in [-0.15, -0.1) is 5.10 Å². The number of aryl methyl sites for hydroxylation is 3. The summed E-state index contributed by atoms with van der Waals surface area (Å²) in [5, 5.41) is 28.2. The van der Waals surface area contributed by atoms with Crippen molar-refractivity contribution in [1.82, 2.24) is 29.8 Å². The molecule has 0 radical (unpaired) electrons. The van der Waals surface area contributed by atoms with Crippen molar-refractivity contribution in [2.75, 3.05) is 11.9 Å². The molecule has 1 saturated heterocycles. The number of nitrogens with one attached hydrogen (secondary N) is 2. The standard InChI is InChI=1S/C40H40N8O5/c49-34-19-18-33(37(50)43-34)48-24-29-26(39(48)52)14-9-16-30(29)41-20-7-1-2-8-21-46-23-25(44-45-46)11-10-22-47-32-17-6-4-13-28(32)36(40(47)53)35-27-12-3-5-15-31(27)42-38(35)51/h3-6,9,12-17,23,33,41,53H,1-2,7-8,10-11,18-22,24H2,(H,43,49,50). The number of para-hydroxylation sites is 2. The average Bonchev–Trinajstić information content (AvgIpc) is 3.90. The van der Waals surface area contributed by atoms with Crippen molar-refractivity contribution in [3.8, 4) is 5.88 Å². The van der Waals surface area contributed by atoms with Gasteiger partial charge in [0.25, 0.3) is 11.8 Å². The van der Waals surface area contributed by atoms with Crippen LogP contribution in [-0.2, 0) is 40.4 Å². The van der Waals surface area contributed by atoms with Gasteiger partial charge in [-0.1, -0.05) is 60.5 Å². The highest BCUT2D eigenvalue weighted by Gasteiger charge is 2.39. The molecule has 13 heteroatoms. The lowest BCUT2D eigenvalue weighted by atomic mass is 10.0. The van der Waals surface area contributed by atoms with Crippen molar-refractivity contribution in [3.05, 3.63) is 106 Å². The van der Waals surface area contributed by atoms with E-state index in [1.165, 1.54) is 0 Å². The van der Waals surface area contributed by atoms with Crippen molar-refractivity contribution in [2.45, 2.75) is 77.0 Å². The summed E-state index contributed by atoms with van der Waals surface area (Å²) in [6.07, 6.45) is 8.00. The first-order valence-electron chi connectivity index (χ1n) is 18.3. The number of carbonyl (C=O) groups excluding carboxylic acids is 4. The number of anilines is 1. The molecule has 0 spiro atoms. The molecule has 1 atom stereocenters. The number of aromatic nitrogens is 4. The number of rotatable bonds is 14. The van der Waals surface area contributed by atoms with E-state index < -0.39 is 11.9 Å². The van der Waals surface area contributed by atoms with Gasteiger partial charge in [-0.05, 0) is 56.4 Å². The molecule has 1 unspecified atom stereocenters. The van der Waals surface area contributed by atoms with Crippen LogP contribution in [0.25, 0.3) is 16.5 Å². The van der Waals surface area contributed by atoms with E-state index in [1.807, 2.05) is 76.1 Å². The molecule has 3 aliphatic heterocycles. The molecule has 3 aromatic carbocycles. The summed E-state index contributed by atoms with van der Waals surface area (Å²) >= 11 is 0. The van der Waals surface area contributed by atoms with Crippen molar-refractivity contribution < 1.29 is 24.3 Å². The van der Waals surface area contributed by atoms with E-state index >= 15 is 0 Å². The number of unbranched alkanes of at least 4 members (excludes halogenated alkanes) is 3. The van der Waals surface area contributed by atoms with E-state index in [1.54, 1.807) is 11.0 Å². The van der Waals surface area contributed by atoms with Gasteiger partial charge >= 0.3 is 0 Å². The quantitative estimate of drug-likeness (QED) is 0.117. The third kappa shape index (κ3) is 6.58. The van der Waals surface area contributed by atoms with Crippen LogP contribution in [0, 0.1) is 0 Å². The number of benzene rings is 3. The third-order valence-electron chi connectivity index (χ3n) is 10.4. The highest BCUT2D eigenvalue weighted by molar-refractivity contribution is 6.25. The first-order valence-corrected chi connectivity index (χ1v) is 18.3. The topological polar surface area (TPSA) is 164 Å². The largest absolute Gasteiger partial charge is 0.494 e. The number of aromatic hydroxyl groups is 1. The molecule has 5 aromatic rings. The maximum atomic E-state index is 13.1. The molecule has 2 aromatic heterocycles. The van der Waals surface area contributed by atoms with Gasteiger partial charge in [0.1, 0.15) is 6.04 Å². The van der Waals surface area contributed by atoms with Crippen molar-refractivity contribution in [3.63, 3.8) is 0 Å². The minimum Gasteiger partial charge on any atom is -0.494 e. The molecule has 1 fully saturated rings. The van der Waals surface area contributed by atoms with Crippen LogP contribution in [0.1, 0.15) is 72.1 Å². The maximum Gasteiger partial charge on any atom is 0.279 e. The Kier molecular flexibility index (Phi) is 9.30. The fourth-order valence-corrected chi connectivity index (χ4v) is 7.77.